The van der Waals surface area contributed by atoms with Crippen molar-refractivity contribution in [3.05, 3.63) is 65.2 Å². The second kappa shape index (κ2) is 7.83. The molecule has 1 aliphatic rings. The fourth-order valence-electron chi connectivity index (χ4n) is 3.41. The number of likely N-dealkylation sites (N-methyl/N-ethyl adjacent to an activating group) is 1. The van der Waals surface area contributed by atoms with Crippen LogP contribution < -0.4 is 10.2 Å². The number of halogens is 2. The maximum Gasteiger partial charge on any atom is 0.198 e. The molecule has 0 amide bonds. The molecule has 1 unspecified atom stereocenters. The van der Waals surface area contributed by atoms with Crippen LogP contribution in [0.4, 0.5) is 14.5 Å². The lowest BCUT2D eigenvalue weighted by molar-refractivity contribution is 0.283. The van der Waals surface area contributed by atoms with Crippen molar-refractivity contribution in [1.29, 1.82) is 0 Å². The van der Waals surface area contributed by atoms with Crippen LogP contribution in [0.25, 0.3) is 0 Å². The Bertz CT molecular complexity index is 784. The zero-order chi connectivity index (χ0) is 18.7. The van der Waals surface area contributed by atoms with Crippen molar-refractivity contribution in [3.8, 4) is 0 Å². The van der Waals surface area contributed by atoms with Crippen molar-refractivity contribution in [3.63, 3.8) is 0 Å². The van der Waals surface area contributed by atoms with E-state index in [4.69, 9.17) is 0 Å². The number of hydrogen-bond donors (Lipinski definition) is 1. The predicted octanol–water partition coefficient (Wildman–Crippen LogP) is 3.21. The molecule has 0 spiro atoms. The van der Waals surface area contributed by atoms with Gasteiger partial charge in [-0.3, -0.25) is 4.99 Å². The van der Waals surface area contributed by atoms with Gasteiger partial charge in [-0.1, -0.05) is 24.3 Å². The van der Waals surface area contributed by atoms with Crippen LogP contribution in [0.1, 0.15) is 17.2 Å². The molecule has 1 aliphatic heterocycles. The standard InChI is InChI=1S/C20H24F2N4/c1-23-20(26-12-11-14-7-4-5-10-17(14)26)24-13-18(25(2)3)19-15(21)8-6-9-16(19)22/h4-10,18H,11-13H2,1-3H3,(H,23,24). The van der Waals surface area contributed by atoms with Crippen molar-refractivity contribution in [1.82, 2.24) is 10.2 Å². The van der Waals surface area contributed by atoms with Crippen LogP contribution in [-0.2, 0) is 6.42 Å². The summed E-state index contributed by atoms with van der Waals surface area (Å²) in [6, 6.07) is 11.7. The normalized spacial score (nSPS) is 15.3. The van der Waals surface area contributed by atoms with Gasteiger partial charge in [-0.2, -0.15) is 0 Å². The van der Waals surface area contributed by atoms with Crippen LogP contribution in [0.15, 0.2) is 47.5 Å². The van der Waals surface area contributed by atoms with E-state index in [9.17, 15) is 8.78 Å². The highest BCUT2D eigenvalue weighted by atomic mass is 19.1. The maximum atomic E-state index is 14.2. The first-order chi connectivity index (χ1) is 12.5. The van der Waals surface area contributed by atoms with Crippen LogP contribution in [0.2, 0.25) is 0 Å². The van der Waals surface area contributed by atoms with E-state index < -0.39 is 17.7 Å². The average Bonchev–Trinajstić information content (AvgIpc) is 3.04. The minimum atomic E-state index is -0.535. The van der Waals surface area contributed by atoms with Gasteiger partial charge in [-0.25, -0.2) is 8.78 Å². The first-order valence-corrected chi connectivity index (χ1v) is 8.69. The molecule has 2 aromatic carbocycles. The largest absolute Gasteiger partial charge is 0.354 e. The second-order valence-electron chi connectivity index (χ2n) is 6.57. The molecule has 1 atom stereocenters. The Balaban J connectivity index is 1.79. The van der Waals surface area contributed by atoms with Crippen molar-refractivity contribution >= 4 is 11.6 Å². The van der Waals surface area contributed by atoms with Crippen LogP contribution in [0, 0.1) is 11.6 Å². The molecule has 0 radical (unpaired) electrons. The van der Waals surface area contributed by atoms with E-state index >= 15 is 0 Å². The molecular weight excluding hydrogens is 334 g/mol. The van der Waals surface area contributed by atoms with Gasteiger partial charge in [-0.05, 0) is 44.3 Å². The highest BCUT2D eigenvalue weighted by Crippen LogP contribution is 2.28. The van der Waals surface area contributed by atoms with Crippen LogP contribution in [0.3, 0.4) is 0 Å². The van der Waals surface area contributed by atoms with Crippen molar-refractivity contribution < 1.29 is 8.78 Å². The Hall–Kier alpha value is -2.47. The number of rotatable bonds is 4. The van der Waals surface area contributed by atoms with E-state index in [2.05, 4.69) is 27.3 Å². The zero-order valence-electron chi connectivity index (χ0n) is 15.3. The number of nitrogens with one attached hydrogen (secondary N) is 1. The zero-order valence-corrected chi connectivity index (χ0v) is 15.3. The summed E-state index contributed by atoms with van der Waals surface area (Å²) in [5, 5.41) is 3.29. The maximum absolute atomic E-state index is 14.2. The number of benzene rings is 2. The molecular formula is C20H24F2N4. The summed E-state index contributed by atoms with van der Waals surface area (Å²) in [4.78, 5) is 8.28. The van der Waals surface area contributed by atoms with E-state index in [1.807, 2.05) is 26.2 Å². The summed E-state index contributed by atoms with van der Waals surface area (Å²) >= 11 is 0. The molecule has 4 nitrogen and oxygen atoms in total. The van der Waals surface area contributed by atoms with Gasteiger partial charge in [0.1, 0.15) is 11.6 Å². The van der Waals surface area contributed by atoms with Crippen LogP contribution >= 0.6 is 0 Å². The molecule has 0 aromatic heterocycles. The van der Waals surface area contributed by atoms with Crippen molar-refractivity contribution in [2.45, 2.75) is 12.5 Å². The molecule has 6 heteroatoms. The van der Waals surface area contributed by atoms with Crippen molar-refractivity contribution in [2.24, 2.45) is 4.99 Å². The Morgan fingerprint density at radius 2 is 1.85 bits per heavy atom. The van der Waals surface area contributed by atoms with Gasteiger partial charge in [0.25, 0.3) is 0 Å². The Kier molecular flexibility index (Phi) is 5.52. The van der Waals surface area contributed by atoms with Gasteiger partial charge in [0.2, 0.25) is 0 Å². The fraction of sp³-hybridized carbons (Fsp3) is 0.350. The van der Waals surface area contributed by atoms with E-state index in [0.717, 1.165) is 18.7 Å². The lowest BCUT2D eigenvalue weighted by Crippen LogP contribution is -2.44. The topological polar surface area (TPSA) is 30.9 Å². The molecule has 0 bridgehead atoms. The highest BCUT2D eigenvalue weighted by molar-refractivity contribution is 5.97. The molecule has 1 heterocycles. The number of para-hydroxylation sites is 1. The third-order valence-corrected chi connectivity index (χ3v) is 4.76. The summed E-state index contributed by atoms with van der Waals surface area (Å²) in [5.74, 6) is -0.363. The van der Waals surface area contributed by atoms with E-state index in [1.54, 1.807) is 11.9 Å². The molecule has 26 heavy (non-hydrogen) atoms. The average molecular weight is 358 g/mol. The van der Waals surface area contributed by atoms with E-state index in [-0.39, 0.29) is 5.56 Å². The third kappa shape index (κ3) is 3.55. The molecule has 138 valence electrons. The summed E-state index contributed by atoms with van der Waals surface area (Å²) in [6.07, 6.45) is 0.954. The van der Waals surface area contributed by atoms with Crippen molar-refractivity contribution in [2.75, 3.05) is 39.1 Å². The minimum Gasteiger partial charge on any atom is -0.354 e. The van der Waals surface area contributed by atoms with Gasteiger partial charge in [0, 0.05) is 31.4 Å². The van der Waals surface area contributed by atoms with E-state index in [1.165, 1.54) is 23.8 Å². The smallest absolute Gasteiger partial charge is 0.198 e. The first-order valence-electron chi connectivity index (χ1n) is 8.69. The third-order valence-electron chi connectivity index (χ3n) is 4.76. The lowest BCUT2D eigenvalue weighted by atomic mass is 10.0. The lowest BCUT2D eigenvalue weighted by Gasteiger charge is -2.29. The minimum absolute atomic E-state index is 0.0716. The molecule has 0 aliphatic carbocycles. The van der Waals surface area contributed by atoms with Gasteiger partial charge in [0.15, 0.2) is 5.96 Å². The Morgan fingerprint density at radius 1 is 1.15 bits per heavy atom. The van der Waals surface area contributed by atoms with Gasteiger partial charge < -0.3 is 15.1 Å². The summed E-state index contributed by atoms with van der Waals surface area (Å²) in [5.41, 5.74) is 2.47. The van der Waals surface area contributed by atoms with Crippen LogP contribution in [-0.4, -0.2) is 45.1 Å². The summed E-state index contributed by atoms with van der Waals surface area (Å²) < 4.78 is 28.5. The van der Waals surface area contributed by atoms with Gasteiger partial charge in [0.05, 0.1) is 6.04 Å². The monoisotopic (exact) mass is 358 g/mol. The Labute approximate surface area is 153 Å². The second-order valence-corrected chi connectivity index (χ2v) is 6.57. The quantitative estimate of drug-likeness (QED) is 0.673. The van der Waals surface area contributed by atoms with E-state index in [0.29, 0.717) is 12.5 Å². The van der Waals surface area contributed by atoms with Gasteiger partial charge in [-0.15, -0.1) is 0 Å². The molecule has 1 N–H and O–H groups in total. The van der Waals surface area contributed by atoms with Crippen LogP contribution in [0.5, 0.6) is 0 Å². The molecule has 2 aromatic rings. The Morgan fingerprint density at radius 3 is 2.50 bits per heavy atom. The summed E-state index contributed by atoms with van der Waals surface area (Å²) in [7, 11) is 5.34. The molecule has 0 saturated heterocycles. The SMILES string of the molecule is CN=C(NCC(c1c(F)cccc1F)N(C)C)N1CCc2ccccc21. The highest BCUT2D eigenvalue weighted by Gasteiger charge is 2.26. The molecule has 0 fully saturated rings. The fourth-order valence-corrected chi connectivity index (χ4v) is 3.41. The first kappa shape index (κ1) is 18.3. The number of anilines is 1. The number of fused-ring (bicyclic) bond motifs is 1. The molecule has 3 rings (SSSR count). The molecule has 0 saturated carbocycles. The number of guanidine groups is 1. The van der Waals surface area contributed by atoms with Gasteiger partial charge >= 0.3 is 0 Å². The number of aliphatic imine (C=N–C) groups is 1. The number of nitrogens with zero attached hydrogens (tertiary/aromatic N) is 3. The number of hydrogen-bond acceptors (Lipinski definition) is 2. The predicted molar refractivity (Wildman–Crippen MR) is 102 cm³/mol. The summed E-state index contributed by atoms with van der Waals surface area (Å²) in [6.45, 7) is 1.18.